The lowest BCUT2D eigenvalue weighted by molar-refractivity contribution is -0.384. The summed E-state index contributed by atoms with van der Waals surface area (Å²) in [6.07, 6.45) is 0. The average molecular weight is 327 g/mol. The number of aromatic nitrogens is 2. The lowest BCUT2D eigenvalue weighted by atomic mass is 10.2. The lowest BCUT2D eigenvalue weighted by Crippen LogP contribution is -1.98. The first kappa shape index (κ1) is 15.1. The van der Waals surface area contributed by atoms with Crippen LogP contribution in [0.15, 0.2) is 12.1 Å². The third-order valence-electron chi connectivity index (χ3n) is 2.67. The normalized spacial score (nSPS) is 10.2. The monoisotopic (exact) mass is 326 g/mol. The van der Waals surface area contributed by atoms with E-state index in [-0.39, 0.29) is 32.9 Å². The molecule has 0 aliphatic heterocycles. The molecule has 2 aromatic rings. The van der Waals surface area contributed by atoms with Crippen LogP contribution in [0, 0.1) is 28.4 Å². The molecule has 0 amide bonds. The number of rotatable bonds is 3. The highest BCUT2D eigenvalue weighted by molar-refractivity contribution is 6.37. The molecule has 2 rings (SSSR count). The Morgan fingerprint density at radius 2 is 2.00 bits per heavy atom. The highest BCUT2D eigenvalue weighted by Crippen LogP contribution is 2.40. The fourth-order valence-corrected chi connectivity index (χ4v) is 2.28. The van der Waals surface area contributed by atoms with Crippen molar-refractivity contribution in [2.45, 2.75) is 6.92 Å². The highest BCUT2D eigenvalue weighted by Gasteiger charge is 2.21. The van der Waals surface area contributed by atoms with Gasteiger partial charge in [-0.2, -0.15) is 10.4 Å². The molecule has 0 saturated carbocycles. The number of ether oxygens (including phenoxy) is 1. The number of hydrogen-bond acceptors (Lipinski definition) is 5. The summed E-state index contributed by atoms with van der Waals surface area (Å²) in [6, 6.07) is 4.22. The summed E-state index contributed by atoms with van der Waals surface area (Å²) in [4.78, 5) is 10.1. The van der Waals surface area contributed by atoms with E-state index >= 15 is 0 Å². The molecule has 1 aromatic carbocycles. The summed E-state index contributed by atoms with van der Waals surface area (Å²) in [7, 11) is 1.59. The van der Waals surface area contributed by atoms with Crippen LogP contribution >= 0.6 is 23.2 Å². The predicted molar refractivity (Wildman–Crippen MR) is 75.9 cm³/mol. The Bertz CT molecular complexity index is 757. The third kappa shape index (κ3) is 2.77. The van der Waals surface area contributed by atoms with Crippen molar-refractivity contribution in [2.24, 2.45) is 7.05 Å². The summed E-state index contributed by atoms with van der Waals surface area (Å²) in [5.41, 5.74) is 0.478. The fraction of sp³-hybridized carbons (Fsp3) is 0.167. The first-order chi connectivity index (χ1) is 9.85. The number of non-ortho nitro benzene ring substituents is 1. The van der Waals surface area contributed by atoms with Gasteiger partial charge in [-0.25, -0.2) is 4.68 Å². The molecule has 0 radical (unpaired) electrons. The van der Waals surface area contributed by atoms with E-state index in [9.17, 15) is 10.1 Å². The van der Waals surface area contributed by atoms with Crippen LogP contribution in [-0.4, -0.2) is 14.7 Å². The number of hydrogen-bond donors (Lipinski definition) is 0. The number of nitro benzene ring substituents is 1. The van der Waals surface area contributed by atoms with E-state index in [1.807, 2.05) is 6.07 Å². The van der Waals surface area contributed by atoms with Crippen molar-refractivity contribution in [1.29, 1.82) is 5.26 Å². The molecule has 1 aromatic heterocycles. The Morgan fingerprint density at radius 1 is 1.43 bits per heavy atom. The van der Waals surface area contributed by atoms with Gasteiger partial charge >= 0.3 is 0 Å². The molecule has 1 heterocycles. The number of nitrogens with zero attached hydrogens (tertiary/aromatic N) is 4. The van der Waals surface area contributed by atoms with Crippen LogP contribution in [0.4, 0.5) is 5.69 Å². The molecule has 0 aliphatic rings. The van der Waals surface area contributed by atoms with Crippen LogP contribution in [0.2, 0.25) is 10.0 Å². The second kappa shape index (κ2) is 5.60. The number of nitriles is 1. The van der Waals surface area contributed by atoms with E-state index in [0.717, 1.165) is 12.1 Å². The highest BCUT2D eigenvalue weighted by atomic mass is 35.5. The summed E-state index contributed by atoms with van der Waals surface area (Å²) in [5, 5.41) is 23.8. The van der Waals surface area contributed by atoms with Crippen LogP contribution in [-0.2, 0) is 7.05 Å². The minimum Gasteiger partial charge on any atom is -0.435 e. The summed E-state index contributed by atoms with van der Waals surface area (Å²) >= 11 is 11.9. The zero-order valence-electron chi connectivity index (χ0n) is 10.9. The minimum absolute atomic E-state index is 0.0306. The van der Waals surface area contributed by atoms with Gasteiger partial charge in [-0.15, -0.1) is 0 Å². The van der Waals surface area contributed by atoms with E-state index in [1.54, 1.807) is 14.0 Å². The van der Waals surface area contributed by atoms with Crippen molar-refractivity contribution in [3.63, 3.8) is 0 Å². The van der Waals surface area contributed by atoms with E-state index in [2.05, 4.69) is 5.10 Å². The Labute approximate surface area is 129 Å². The van der Waals surface area contributed by atoms with Crippen molar-refractivity contribution in [3.8, 4) is 17.7 Å². The van der Waals surface area contributed by atoms with Gasteiger partial charge in [0.25, 0.3) is 5.69 Å². The summed E-state index contributed by atoms with van der Waals surface area (Å²) in [6.45, 7) is 1.66. The first-order valence-electron chi connectivity index (χ1n) is 5.60. The van der Waals surface area contributed by atoms with Gasteiger partial charge in [-0.3, -0.25) is 10.1 Å². The Morgan fingerprint density at radius 3 is 2.48 bits per heavy atom. The molecule has 7 nitrogen and oxygen atoms in total. The molecule has 0 fully saturated rings. The summed E-state index contributed by atoms with van der Waals surface area (Å²) < 4.78 is 6.90. The number of nitro groups is 1. The Kier molecular flexibility index (Phi) is 4.02. The van der Waals surface area contributed by atoms with Crippen LogP contribution in [0.3, 0.4) is 0 Å². The zero-order chi connectivity index (χ0) is 15.7. The van der Waals surface area contributed by atoms with Gasteiger partial charge in [0.05, 0.1) is 20.7 Å². The van der Waals surface area contributed by atoms with Crippen molar-refractivity contribution in [3.05, 3.63) is 43.5 Å². The van der Waals surface area contributed by atoms with Gasteiger partial charge in [-0.05, 0) is 6.92 Å². The maximum atomic E-state index is 10.7. The van der Waals surface area contributed by atoms with Gasteiger partial charge in [0.15, 0.2) is 5.75 Å². The maximum absolute atomic E-state index is 10.7. The minimum atomic E-state index is -0.615. The molecule has 21 heavy (non-hydrogen) atoms. The molecule has 0 saturated heterocycles. The first-order valence-corrected chi connectivity index (χ1v) is 6.35. The third-order valence-corrected chi connectivity index (χ3v) is 3.24. The molecule has 108 valence electrons. The standard InChI is InChI=1S/C12H8Cl2N4O3/c1-6-8(5-15)12(17(2)16-6)21-11-9(13)3-7(18(19)20)4-10(11)14/h3-4H,1-2H3. The molecule has 9 heteroatoms. The summed E-state index contributed by atoms with van der Waals surface area (Å²) in [5.74, 6) is 0.191. The Hall–Kier alpha value is -2.30. The molecule has 0 spiro atoms. The molecule has 0 unspecified atom stereocenters. The van der Waals surface area contributed by atoms with Crippen LogP contribution in [0.1, 0.15) is 11.3 Å². The van der Waals surface area contributed by atoms with Crippen LogP contribution in [0.5, 0.6) is 11.6 Å². The van der Waals surface area contributed by atoms with E-state index in [0.29, 0.717) is 5.69 Å². The topological polar surface area (TPSA) is 94.0 Å². The quantitative estimate of drug-likeness (QED) is 0.634. The maximum Gasteiger partial charge on any atom is 0.272 e. The smallest absolute Gasteiger partial charge is 0.272 e. The fourth-order valence-electron chi connectivity index (χ4n) is 1.73. The number of halogens is 2. The number of benzene rings is 1. The van der Waals surface area contributed by atoms with Crippen molar-refractivity contribution < 1.29 is 9.66 Å². The second-order valence-corrected chi connectivity index (χ2v) is 4.91. The molecule has 0 N–H and O–H groups in total. The predicted octanol–water partition coefficient (Wildman–Crippen LogP) is 3.61. The van der Waals surface area contributed by atoms with E-state index in [4.69, 9.17) is 33.2 Å². The molecule has 0 bridgehead atoms. The van der Waals surface area contributed by atoms with Gasteiger partial charge in [-0.1, -0.05) is 23.2 Å². The van der Waals surface area contributed by atoms with Crippen molar-refractivity contribution in [2.75, 3.05) is 0 Å². The van der Waals surface area contributed by atoms with Gasteiger partial charge < -0.3 is 4.74 Å². The van der Waals surface area contributed by atoms with Gasteiger partial charge in [0, 0.05) is 19.2 Å². The largest absolute Gasteiger partial charge is 0.435 e. The molecular weight excluding hydrogens is 319 g/mol. The Balaban J connectivity index is 2.51. The zero-order valence-corrected chi connectivity index (χ0v) is 12.4. The van der Waals surface area contributed by atoms with Crippen molar-refractivity contribution >= 4 is 28.9 Å². The second-order valence-electron chi connectivity index (χ2n) is 4.10. The van der Waals surface area contributed by atoms with Gasteiger partial charge in [0.1, 0.15) is 11.6 Å². The SMILES string of the molecule is Cc1nn(C)c(Oc2c(Cl)cc([N+](=O)[O-])cc2Cl)c1C#N. The molecular formula is C12H8Cl2N4O3. The number of aryl methyl sites for hydroxylation is 2. The van der Waals surface area contributed by atoms with Gasteiger partial charge in [0.2, 0.25) is 5.88 Å². The van der Waals surface area contributed by atoms with E-state index < -0.39 is 4.92 Å². The average Bonchev–Trinajstić information content (AvgIpc) is 2.67. The van der Waals surface area contributed by atoms with Crippen molar-refractivity contribution in [1.82, 2.24) is 9.78 Å². The van der Waals surface area contributed by atoms with E-state index in [1.165, 1.54) is 4.68 Å². The van der Waals surface area contributed by atoms with Crippen LogP contribution < -0.4 is 4.74 Å². The molecule has 0 aliphatic carbocycles. The van der Waals surface area contributed by atoms with Crippen LogP contribution in [0.25, 0.3) is 0 Å². The lowest BCUT2D eigenvalue weighted by Gasteiger charge is -2.09. The molecule has 0 atom stereocenters.